The molecule has 0 saturated heterocycles. The second kappa shape index (κ2) is 5.22. The molecule has 1 aromatic carbocycles. The molecule has 1 heterocycles. The molecule has 0 aliphatic rings. The van der Waals surface area contributed by atoms with Crippen LogP contribution in [0.3, 0.4) is 0 Å². The van der Waals surface area contributed by atoms with Gasteiger partial charge in [0.15, 0.2) is 0 Å². The van der Waals surface area contributed by atoms with E-state index in [-0.39, 0.29) is 12.2 Å². The minimum atomic E-state index is -3.93. The molecule has 2 aromatic rings. The lowest BCUT2D eigenvalue weighted by Gasteiger charge is -2.08. The molecule has 1 aromatic heterocycles. The second-order valence-corrected chi connectivity index (χ2v) is 6.13. The van der Waals surface area contributed by atoms with E-state index in [2.05, 4.69) is 9.82 Å². The Morgan fingerprint density at radius 3 is 2.70 bits per heavy atom. The predicted octanol–water partition coefficient (Wildman–Crippen LogP) is 0.928. The molecule has 0 atom stereocenters. The maximum atomic E-state index is 13.6. The quantitative estimate of drug-likeness (QED) is 0.822. The first-order valence-corrected chi connectivity index (χ1v) is 7.32. The molecule has 0 aliphatic carbocycles. The molecule has 8 heteroatoms. The summed E-state index contributed by atoms with van der Waals surface area (Å²) in [4.78, 5) is -0.423. The molecule has 0 radical (unpaired) electrons. The lowest BCUT2D eigenvalue weighted by molar-refractivity contribution is 0.557. The molecule has 20 heavy (non-hydrogen) atoms. The fourth-order valence-electron chi connectivity index (χ4n) is 1.70. The Morgan fingerprint density at radius 2 is 2.15 bits per heavy atom. The van der Waals surface area contributed by atoms with E-state index in [1.54, 1.807) is 17.9 Å². The average molecular weight is 298 g/mol. The van der Waals surface area contributed by atoms with Gasteiger partial charge < -0.3 is 5.73 Å². The number of hydrogen-bond acceptors (Lipinski definition) is 4. The maximum Gasteiger partial charge on any atom is 0.243 e. The number of nitrogen functional groups attached to an aromatic ring is 1. The molecule has 0 unspecified atom stereocenters. The van der Waals surface area contributed by atoms with Gasteiger partial charge in [0.05, 0.1) is 6.20 Å². The highest BCUT2D eigenvalue weighted by molar-refractivity contribution is 7.89. The zero-order valence-electron chi connectivity index (χ0n) is 11.1. The summed E-state index contributed by atoms with van der Waals surface area (Å²) in [6.45, 7) is 1.87. The Kier molecular flexibility index (Phi) is 3.78. The van der Waals surface area contributed by atoms with Crippen molar-refractivity contribution in [2.45, 2.75) is 18.4 Å². The van der Waals surface area contributed by atoms with Gasteiger partial charge in [-0.05, 0) is 25.1 Å². The second-order valence-electron chi connectivity index (χ2n) is 4.39. The zero-order valence-corrected chi connectivity index (χ0v) is 11.9. The van der Waals surface area contributed by atoms with Gasteiger partial charge >= 0.3 is 0 Å². The van der Waals surface area contributed by atoms with Crippen molar-refractivity contribution in [3.05, 3.63) is 41.5 Å². The minimum Gasteiger partial charge on any atom is -0.399 e. The fraction of sp³-hybridized carbons (Fsp3) is 0.250. The highest BCUT2D eigenvalue weighted by atomic mass is 32.2. The molecule has 3 N–H and O–H groups in total. The lowest BCUT2D eigenvalue weighted by atomic mass is 10.3. The molecule has 0 bridgehead atoms. The highest BCUT2D eigenvalue weighted by Gasteiger charge is 2.19. The molecule has 0 aliphatic heterocycles. The first-order chi connectivity index (χ1) is 9.31. The van der Waals surface area contributed by atoms with Crippen molar-refractivity contribution in [3.63, 3.8) is 0 Å². The summed E-state index contributed by atoms with van der Waals surface area (Å²) < 4.78 is 41.7. The van der Waals surface area contributed by atoms with Crippen LogP contribution < -0.4 is 10.5 Å². The van der Waals surface area contributed by atoms with Gasteiger partial charge in [-0.25, -0.2) is 17.5 Å². The number of nitrogens with two attached hydrogens (primary N) is 1. The monoisotopic (exact) mass is 298 g/mol. The fourth-order valence-corrected chi connectivity index (χ4v) is 2.77. The van der Waals surface area contributed by atoms with Crippen molar-refractivity contribution in [1.29, 1.82) is 0 Å². The van der Waals surface area contributed by atoms with Crippen LogP contribution in [0.25, 0.3) is 0 Å². The van der Waals surface area contributed by atoms with Crippen molar-refractivity contribution >= 4 is 15.7 Å². The maximum absolute atomic E-state index is 13.6. The van der Waals surface area contributed by atoms with Crippen molar-refractivity contribution in [1.82, 2.24) is 14.5 Å². The molecular weight excluding hydrogens is 283 g/mol. The third kappa shape index (κ3) is 2.81. The van der Waals surface area contributed by atoms with Gasteiger partial charge in [0, 0.05) is 30.5 Å². The zero-order chi connectivity index (χ0) is 14.9. The molecule has 108 valence electrons. The van der Waals surface area contributed by atoms with Crippen LogP contribution in [0.4, 0.5) is 10.1 Å². The summed E-state index contributed by atoms with van der Waals surface area (Å²) in [5, 5.41) is 4.01. The third-order valence-electron chi connectivity index (χ3n) is 3.03. The molecule has 0 saturated carbocycles. The number of halogens is 1. The van der Waals surface area contributed by atoms with Crippen molar-refractivity contribution in [2.75, 3.05) is 5.73 Å². The van der Waals surface area contributed by atoms with Gasteiger partial charge in [-0.1, -0.05) is 0 Å². The van der Waals surface area contributed by atoms with Crippen LogP contribution in [-0.2, 0) is 23.6 Å². The van der Waals surface area contributed by atoms with E-state index in [1.807, 2.05) is 6.92 Å². The Balaban J connectivity index is 2.21. The van der Waals surface area contributed by atoms with Gasteiger partial charge in [0.25, 0.3) is 0 Å². The van der Waals surface area contributed by atoms with Gasteiger partial charge in [-0.2, -0.15) is 5.10 Å². The van der Waals surface area contributed by atoms with E-state index in [4.69, 9.17) is 5.73 Å². The van der Waals surface area contributed by atoms with E-state index >= 15 is 0 Å². The molecular formula is C12H15FN4O2S. The summed E-state index contributed by atoms with van der Waals surface area (Å²) in [5.41, 5.74) is 7.13. The van der Waals surface area contributed by atoms with E-state index < -0.39 is 20.7 Å². The third-order valence-corrected chi connectivity index (χ3v) is 4.47. The van der Waals surface area contributed by atoms with Gasteiger partial charge in [0.2, 0.25) is 10.0 Å². The molecule has 0 amide bonds. The summed E-state index contributed by atoms with van der Waals surface area (Å²) in [6.07, 6.45) is 1.57. The Bertz CT molecular complexity index is 740. The summed E-state index contributed by atoms with van der Waals surface area (Å²) in [6, 6.07) is 3.46. The normalized spacial score (nSPS) is 11.8. The predicted molar refractivity (Wildman–Crippen MR) is 72.8 cm³/mol. The van der Waals surface area contributed by atoms with Gasteiger partial charge in [0.1, 0.15) is 10.7 Å². The first-order valence-electron chi connectivity index (χ1n) is 5.83. The van der Waals surface area contributed by atoms with E-state index in [9.17, 15) is 12.8 Å². The SMILES string of the molecule is Cc1c(CNS(=O)(=O)c2ccc(N)cc2F)cnn1C. The van der Waals surface area contributed by atoms with Crippen LogP contribution in [0.1, 0.15) is 11.3 Å². The number of rotatable bonds is 4. The smallest absolute Gasteiger partial charge is 0.243 e. The number of aromatic nitrogens is 2. The molecule has 0 spiro atoms. The number of anilines is 1. The van der Waals surface area contributed by atoms with Crippen LogP contribution in [0, 0.1) is 12.7 Å². The van der Waals surface area contributed by atoms with Gasteiger partial charge in [-0.3, -0.25) is 4.68 Å². The van der Waals surface area contributed by atoms with Crippen LogP contribution >= 0.6 is 0 Å². The van der Waals surface area contributed by atoms with Crippen LogP contribution in [0.5, 0.6) is 0 Å². The number of nitrogens with zero attached hydrogens (tertiary/aromatic N) is 2. The number of aryl methyl sites for hydroxylation is 1. The van der Waals surface area contributed by atoms with Crippen LogP contribution in [0.15, 0.2) is 29.3 Å². The standard InChI is InChI=1S/C12H15FN4O2S/c1-8-9(6-15-17(8)2)7-16-20(18,19)12-4-3-10(14)5-11(12)13/h3-6,16H,7,14H2,1-2H3. The molecule has 0 fully saturated rings. The minimum absolute atomic E-state index is 0.0474. The summed E-state index contributed by atoms with van der Waals surface area (Å²) in [7, 11) is -2.17. The Labute approximate surface area is 116 Å². The Hall–Kier alpha value is -1.93. The lowest BCUT2D eigenvalue weighted by Crippen LogP contribution is -2.24. The molecule has 6 nitrogen and oxygen atoms in total. The van der Waals surface area contributed by atoms with Crippen molar-refractivity contribution in [2.24, 2.45) is 7.05 Å². The average Bonchev–Trinajstić information content (AvgIpc) is 2.67. The van der Waals surface area contributed by atoms with E-state index in [0.29, 0.717) is 0 Å². The largest absolute Gasteiger partial charge is 0.399 e. The topological polar surface area (TPSA) is 90.0 Å². The number of sulfonamides is 1. The van der Waals surface area contributed by atoms with Crippen LogP contribution in [-0.4, -0.2) is 18.2 Å². The highest BCUT2D eigenvalue weighted by Crippen LogP contribution is 2.17. The summed E-state index contributed by atoms with van der Waals surface area (Å²) in [5.74, 6) is -0.875. The first kappa shape index (κ1) is 14.5. The van der Waals surface area contributed by atoms with E-state index in [0.717, 1.165) is 23.4 Å². The molecule has 2 rings (SSSR count). The number of hydrogen-bond donors (Lipinski definition) is 2. The van der Waals surface area contributed by atoms with E-state index in [1.165, 1.54) is 6.07 Å². The van der Waals surface area contributed by atoms with Crippen molar-refractivity contribution in [3.8, 4) is 0 Å². The number of nitrogens with one attached hydrogen (secondary N) is 1. The van der Waals surface area contributed by atoms with Gasteiger partial charge in [-0.15, -0.1) is 0 Å². The van der Waals surface area contributed by atoms with Crippen LogP contribution in [0.2, 0.25) is 0 Å². The Morgan fingerprint density at radius 1 is 1.45 bits per heavy atom. The summed E-state index contributed by atoms with van der Waals surface area (Å²) >= 11 is 0. The van der Waals surface area contributed by atoms with Crippen molar-refractivity contribution < 1.29 is 12.8 Å². The number of benzene rings is 1.